The fraction of sp³-hybridized carbons (Fsp3) is 0.526. The van der Waals surface area contributed by atoms with Crippen LogP contribution < -0.4 is 5.32 Å². The van der Waals surface area contributed by atoms with Gasteiger partial charge in [0.25, 0.3) is 5.91 Å². The van der Waals surface area contributed by atoms with E-state index in [2.05, 4.69) is 11.4 Å². The maximum atomic E-state index is 12.3. The number of benzene rings is 1. The molecule has 1 aliphatic carbocycles. The molecule has 1 saturated carbocycles. The second-order valence-electron chi connectivity index (χ2n) is 6.40. The highest BCUT2D eigenvalue weighted by molar-refractivity contribution is 8.00. The molecule has 0 bridgehead atoms. The van der Waals surface area contributed by atoms with Gasteiger partial charge in [0.2, 0.25) is 0 Å². The van der Waals surface area contributed by atoms with Crippen LogP contribution in [0.1, 0.15) is 46.0 Å². The minimum absolute atomic E-state index is 0.409. The lowest BCUT2D eigenvalue weighted by Gasteiger charge is -2.32. The van der Waals surface area contributed by atoms with E-state index in [1.165, 1.54) is 11.8 Å². The molecule has 25 heavy (non-hydrogen) atoms. The van der Waals surface area contributed by atoms with Crippen LogP contribution in [0.15, 0.2) is 35.2 Å². The van der Waals surface area contributed by atoms with E-state index in [0.29, 0.717) is 12.8 Å². The number of carbonyl (C=O) groups excluding carboxylic acids is 2. The van der Waals surface area contributed by atoms with Crippen LogP contribution in [-0.4, -0.2) is 28.8 Å². The molecular formula is C19H24N2O3S. The van der Waals surface area contributed by atoms with Crippen molar-refractivity contribution in [1.82, 2.24) is 5.32 Å². The van der Waals surface area contributed by atoms with E-state index in [-0.39, 0.29) is 0 Å². The summed E-state index contributed by atoms with van der Waals surface area (Å²) in [7, 11) is 0. The number of carbonyl (C=O) groups is 2. The molecule has 134 valence electrons. The molecule has 1 N–H and O–H groups in total. The van der Waals surface area contributed by atoms with Crippen LogP contribution in [-0.2, 0) is 14.3 Å². The molecule has 0 aromatic heterocycles. The van der Waals surface area contributed by atoms with Gasteiger partial charge < -0.3 is 10.1 Å². The zero-order chi connectivity index (χ0) is 18.3. The molecular weight excluding hydrogens is 336 g/mol. The molecule has 5 nitrogen and oxygen atoms in total. The zero-order valence-corrected chi connectivity index (χ0v) is 15.5. The molecule has 0 radical (unpaired) electrons. The summed E-state index contributed by atoms with van der Waals surface area (Å²) in [4.78, 5) is 25.5. The first-order valence-corrected chi connectivity index (χ1v) is 9.49. The first-order valence-electron chi connectivity index (χ1n) is 8.61. The Balaban J connectivity index is 1.87. The number of nitriles is 1. The van der Waals surface area contributed by atoms with Gasteiger partial charge in [0.15, 0.2) is 6.10 Å². The van der Waals surface area contributed by atoms with Crippen LogP contribution in [0.2, 0.25) is 0 Å². The van der Waals surface area contributed by atoms with Crippen molar-refractivity contribution in [3.8, 4) is 6.07 Å². The molecule has 1 amide bonds. The zero-order valence-electron chi connectivity index (χ0n) is 14.7. The van der Waals surface area contributed by atoms with Gasteiger partial charge in [-0.05, 0) is 38.8 Å². The Morgan fingerprint density at radius 1 is 1.20 bits per heavy atom. The number of hydrogen-bond donors (Lipinski definition) is 1. The molecule has 0 spiro atoms. The van der Waals surface area contributed by atoms with Crippen LogP contribution in [0, 0.1) is 11.3 Å². The first-order chi connectivity index (χ1) is 12.0. The quantitative estimate of drug-likeness (QED) is 0.621. The molecule has 2 rings (SSSR count). The second-order valence-corrected chi connectivity index (χ2v) is 7.81. The summed E-state index contributed by atoms with van der Waals surface area (Å²) >= 11 is 1.39. The topological polar surface area (TPSA) is 79.2 Å². The second kappa shape index (κ2) is 8.91. The fourth-order valence-electron chi connectivity index (χ4n) is 2.83. The van der Waals surface area contributed by atoms with E-state index in [4.69, 9.17) is 4.74 Å². The summed E-state index contributed by atoms with van der Waals surface area (Å²) < 4.78 is 5.30. The van der Waals surface area contributed by atoms with Gasteiger partial charge in [0.05, 0.1) is 6.07 Å². The average Bonchev–Trinajstić information content (AvgIpc) is 2.63. The standard InChI is InChI=1S/C19H24N2O3S/c1-14(17(22)21-19(13-20)11-7-4-8-12-19)24-18(23)15(2)25-16-9-5-3-6-10-16/h3,5-6,9-10,14-15H,4,7-8,11-12H2,1-2H3,(H,21,22)/t14-,15+/m0/s1. The Morgan fingerprint density at radius 3 is 2.44 bits per heavy atom. The van der Waals surface area contributed by atoms with Crippen molar-refractivity contribution < 1.29 is 14.3 Å². The van der Waals surface area contributed by atoms with Gasteiger partial charge in [-0.1, -0.05) is 37.5 Å². The number of thioether (sulfide) groups is 1. The van der Waals surface area contributed by atoms with Crippen molar-refractivity contribution in [1.29, 1.82) is 5.26 Å². The number of nitrogens with one attached hydrogen (secondary N) is 1. The van der Waals surface area contributed by atoms with Gasteiger partial charge in [-0.25, -0.2) is 0 Å². The molecule has 0 saturated heterocycles. The number of hydrogen-bond acceptors (Lipinski definition) is 5. The Labute approximate surface area is 153 Å². The van der Waals surface area contributed by atoms with E-state index in [0.717, 1.165) is 24.2 Å². The molecule has 1 aliphatic rings. The van der Waals surface area contributed by atoms with E-state index >= 15 is 0 Å². The third kappa shape index (κ3) is 5.50. The molecule has 2 atom stereocenters. The molecule has 0 aliphatic heterocycles. The van der Waals surface area contributed by atoms with Gasteiger partial charge in [0, 0.05) is 4.90 Å². The minimum atomic E-state index is -0.918. The van der Waals surface area contributed by atoms with Gasteiger partial charge >= 0.3 is 5.97 Å². The highest BCUT2D eigenvalue weighted by atomic mass is 32.2. The van der Waals surface area contributed by atoms with Crippen molar-refractivity contribution in [3.63, 3.8) is 0 Å². The Morgan fingerprint density at radius 2 is 1.84 bits per heavy atom. The Hall–Kier alpha value is -2.00. The van der Waals surface area contributed by atoms with Crippen LogP contribution in [0.25, 0.3) is 0 Å². The van der Waals surface area contributed by atoms with Crippen molar-refractivity contribution in [2.45, 2.75) is 67.7 Å². The van der Waals surface area contributed by atoms with E-state index in [9.17, 15) is 14.9 Å². The molecule has 1 aromatic rings. The Kier molecular flexibility index (Phi) is 6.89. The van der Waals surface area contributed by atoms with E-state index < -0.39 is 28.8 Å². The van der Waals surface area contributed by atoms with Crippen molar-refractivity contribution in [3.05, 3.63) is 30.3 Å². The third-order valence-electron chi connectivity index (χ3n) is 4.33. The monoisotopic (exact) mass is 360 g/mol. The minimum Gasteiger partial charge on any atom is -0.452 e. The summed E-state index contributed by atoms with van der Waals surface area (Å²) in [5, 5.41) is 11.8. The van der Waals surface area contributed by atoms with Gasteiger partial charge in [-0.15, -0.1) is 11.8 Å². The summed E-state index contributed by atoms with van der Waals surface area (Å²) in [6.07, 6.45) is 3.31. The molecule has 1 aromatic carbocycles. The van der Waals surface area contributed by atoms with E-state index in [1.54, 1.807) is 13.8 Å². The summed E-state index contributed by atoms with van der Waals surface area (Å²) in [5.74, 6) is -0.847. The van der Waals surface area contributed by atoms with Gasteiger partial charge in [-0.3, -0.25) is 9.59 Å². The number of esters is 1. The van der Waals surface area contributed by atoms with Crippen molar-refractivity contribution in [2.75, 3.05) is 0 Å². The fourth-order valence-corrected chi connectivity index (χ4v) is 3.71. The maximum absolute atomic E-state index is 12.3. The van der Waals surface area contributed by atoms with Crippen molar-refractivity contribution >= 4 is 23.6 Å². The number of ether oxygens (including phenoxy) is 1. The van der Waals surface area contributed by atoms with Crippen LogP contribution in [0.5, 0.6) is 0 Å². The number of rotatable bonds is 6. The lowest BCUT2D eigenvalue weighted by molar-refractivity contribution is -0.154. The number of amides is 1. The van der Waals surface area contributed by atoms with Crippen LogP contribution in [0.4, 0.5) is 0 Å². The lowest BCUT2D eigenvalue weighted by atomic mass is 9.83. The maximum Gasteiger partial charge on any atom is 0.319 e. The predicted molar refractivity (Wildman–Crippen MR) is 96.9 cm³/mol. The number of nitrogens with zero attached hydrogens (tertiary/aromatic N) is 1. The SMILES string of the molecule is C[C@H](OC(=O)[C@@H](C)Sc1ccccc1)C(=O)NC1(C#N)CCCCC1. The Bertz CT molecular complexity index is 636. The smallest absolute Gasteiger partial charge is 0.319 e. The van der Waals surface area contributed by atoms with Gasteiger partial charge in [0.1, 0.15) is 10.8 Å². The predicted octanol–water partition coefficient (Wildman–Crippen LogP) is 3.44. The highest BCUT2D eigenvalue weighted by Gasteiger charge is 2.35. The van der Waals surface area contributed by atoms with Crippen LogP contribution in [0.3, 0.4) is 0 Å². The largest absolute Gasteiger partial charge is 0.452 e. The lowest BCUT2D eigenvalue weighted by Crippen LogP contribution is -2.52. The third-order valence-corrected chi connectivity index (χ3v) is 5.42. The highest BCUT2D eigenvalue weighted by Crippen LogP contribution is 2.28. The summed E-state index contributed by atoms with van der Waals surface area (Å²) in [5.41, 5.74) is -0.819. The normalized spacial score (nSPS) is 18.4. The van der Waals surface area contributed by atoms with Crippen LogP contribution >= 0.6 is 11.8 Å². The first kappa shape index (κ1) is 19.3. The molecule has 6 heteroatoms. The average molecular weight is 360 g/mol. The molecule has 1 fully saturated rings. The summed E-state index contributed by atoms with van der Waals surface area (Å²) in [6.45, 7) is 3.30. The molecule has 0 unspecified atom stereocenters. The van der Waals surface area contributed by atoms with Crippen molar-refractivity contribution in [2.24, 2.45) is 0 Å². The van der Waals surface area contributed by atoms with Gasteiger partial charge in [-0.2, -0.15) is 5.26 Å². The molecule has 0 heterocycles. The van der Waals surface area contributed by atoms with E-state index in [1.807, 2.05) is 30.3 Å². The summed E-state index contributed by atoms with van der Waals surface area (Å²) in [6, 6.07) is 11.8.